The van der Waals surface area contributed by atoms with Gasteiger partial charge in [-0.1, -0.05) is 12.1 Å². The van der Waals surface area contributed by atoms with Crippen LogP contribution in [0.5, 0.6) is 0 Å². The second kappa shape index (κ2) is 5.90. The lowest BCUT2D eigenvalue weighted by Gasteiger charge is -2.29. The molecule has 2 heterocycles. The molecule has 0 aliphatic carbocycles. The topological polar surface area (TPSA) is 42.7 Å². The zero-order valence-electron chi connectivity index (χ0n) is 12.6. The number of hydroxylamine groups is 2. The fourth-order valence-corrected chi connectivity index (χ4v) is 3.03. The summed E-state index contributed by atoms with van der Waals surface area (Å²) >= 11 is 0. The molecular weight excluding hydrogens is 266 g/mol. The second-order valence-electron chi connectivity index (χ2n) is 5.86. The van der Waals surface area contributed by atoms with Crippen molar-refractivity contribution in [3.8, 4) is 0 Å². The monoisotopic (exact) mass is 287 g/mol. The lowest BCUT2D eigenvalue weighted by Crippen LogP contribution is -2.35. The summed E-state index contributed by atoms with van der Waals surface area (Å²) in [6.45, 7) is 5.18. The van der Waals surface area contributed by atoms with Crippen LogP contribution in [0.15, 0.2) is 28.7 Å². The molecule has 0 saturated carbocycles. The van der Waals surface area contributed by atoms with Gasteiger partial charge in [0.05, 0.1) is 0 Å². The van der Waals surface area contributed by atoms with Gasteiger partial charge < -0.3 is 9.25 Å². The van der Waals surface area contributed by atoms with Crippen LogP contribution in [-0.2, 0) is 16.1 Å². The first-order chi connectivity index (χ1) is 10.1. The van der Waals surface area contributed by atoms with Crippen LogP contribution < -0.4 is 0 Å². The quantitative estimate of drug-likeness (QED) is 0.867. The molecule has 1 aliphatic heterocycles. The van der Waals surface area contributed by atoms with Gasteiger partial charge in [0.1, 0.15) is 11.3 Å². The Balaban J connectivity index is 1.62. The number of piperidine rings is 1. The highest BCUT2D eigenvalue weighted by molar-refractivity contribution is 5.81. The summed E-state index contributed by atoms with van der Waals surface area (Å²) in [7, 11) is 0. The zero-order valence-corrected chi connectivity index (χ0v) is 12.6. The van der Waals surface area contributed by atoms with E-state index >= 15 is 0 Å². The van der Waals surface area contributed by atoms with Crippen molar-refractivity contribution in [3.63, 3.8) is 0 Å². The first kappa shape index (κ1) is 14.1. The average Bonchev–Trinajstić information content (AvgIpc) is 2.84. The minimum absolute atomic E-state index is 0.235. The van der Waals surface area contributed by atoms with Gasteiger partial charge in [-0.3, -0.25) is 4.79 Å². The first-order valence-electron chi connectivity index (χ1n) is 7.53. The number of fused-ring (bicyclic) bond motifs is 1. The third kappa shape index (κ3) is 3.27. The van der Waals surface area contributed by atoms with E-state index in [1.807, 2.05) is 12.1 Å². The van der Waals surface area contributed by atoms with E-state index in [0.29, 0.717) is 5.92 Å². The van der Waals surface area contributed by atoms with Gasteiger partial charge in [0.2, 0.25) is 0 Å². The molecule has 1 aliphatic rings. The van der Waals surface area contributed by atoms with Crippen LogP contribution in [0, 0.1) is 12.8 Å². The second-order valence-corrected chi connectivity index (χ2v) is 5.86. The van der Waals surface area contributed by atoms with Crippen molar-refractivity contribution in [1.29, 1.82) is 0 Å². The van der Waals surface area contributed by atoms with Crippen molar-refractivity contribution in [2.75, 3.05) is 13.1 Å². The highest BCUT2D eigenvalue weighted by atomic mass is 16.7. The summed E-state index contributed by atoms with van der Waals surface area (Å²) in [5.74, 6) is 1.42. The Morgan fingerprint density at radius 2 is 2.14 bits per heavy atom. The van der Waals surface area contributed by atoms with Gasteiger partial charge in [-0.2, -0.15) is 0 Å². The number of hydrogen-bond donors (Lipinski definition) is 0. The number of aryl methyl sites for hydroxylation is 1. The van der Waals surface area contributed by atoms with Gasteiger partial charge in [0.25, 0.3) is 0 Å². The molecule has 0 amide bonds. The first-order valence-corrected chi connectivity index (χ1v) is 7.53. The highest BCUT2D eigenvalue weighted by Crippen LogP contribution is 2.27. The number of rotatable bonds is 3. The molecule has 3 rings (SSSR count). The van der Waals surface area contributed by atoms with Gasteiger partial charge in [-0.05, 0) is 43.4 Å². The Morgan fingerprint density at radius 1 is 1.38 bits per heavy atom. The zero-order chi connectivity index (χ0) is 14.8. The van der Waals surface area contributed by atoms with Crippen LogP contribution in [0.1, 0.15) is 31.1 Å². The van der Waals surface area contributed by atoms with E-state index in [-0.39, 0.29) is 5.97 Å². The summed E-state index contributed by atoms with van der Waals surface area (Å²) in [5, 5.41) is 2.98. The summed E-state index contributed by atoms with van der Waals surface area (Å²) < 4.78 is 5.94. The lowest BCUT2D eigenvalue weighted by molar-refractivity contribution is -0.193. The molecule has 4 heteroatoms. The number of carbonyl (C=O) groups is 1. The fourth-order valence-electron chi connectivity index (χ4n) is 3.03. The van der Waals surface area contributed by atoms with Crippen LogP contribution in [-0.4, -0.2) is 24.1 Å². The SMILES string of the molecule is CC(=O)ON1CCC(Cc2cc3c(C)cccc3o2)CC1. The largest absolute Gasteiger partial charge is 0.461 e. The smallest absolute Gasteiger partial charge is 0.322 e. The van der Waals surface area contributed by atoms with Crippen LogP contribution >= 0.6 is 0 Å². The van der Waals surface area contributed by atoms with E-state index in [2.05, 4.69) is 19.1 Å². The van der Waals surface area contributed by atoms with Crippen molar-refractivity contribution < 1.29 is 14.0 Å². The van der Waals surface area contributed by atoms with Crippen LogP contribution in [0.2, 0.25) is 0 Å². The maximum atomic E-state index is 10.9. The molecule has 1 aromatic carbocycles. The summed E-state index contributed by atoms with van der Waals surface area (Å²) in [6.07, 6.45) is 3.02. The van der Waals surface area contributed by atoms with Gasteiger partial charge in [0, 0.05) is 31.8 Å². The molecule has 0 bridgehead atoms. The minimum Gasteiger partial charge on any atom is -0.461 e. The molecule has 21 heavy (non-hydrogen) atoms. The summed E-state index contributed by atoms with van der Waals surface area (Å²) in [4.78, 5) is 16.1. The summed E-state index contributed by atoms with van der Waals surface area (Å²) in [5.41, 5.74) is 2.23. The molecule has 1 aromatic heterocycles. The molecule has 0 N–H and O–H groups in total. The van der Waals surface area contributed by atoms with E-state index in [1.54, 1.807) is 5.06 Å². The van der Waals surface area contributed by atoms with Gasteiger partial charge in [0.15, 0.2) is 0 Å². The molecule has 1 fully saturated rings. The predicted octanol–water partition coefficient (Wildman–Crippen LogP) is 3.47. The van der Waals surface area contributed by atoms with E-state index in [1.165, 1.54) is 17.9 Å². The fraction of sp³-hybridized carbons (Fsp3) is 0.471. The third-order valence-electron chi connectivity index (χ3n) is 4.15. The van der Waals surface area contributed by atoms with E-state index in [0.717, 1.165) is 43.7 Å². The number of hydrogen-bond acceptors (Lipinski definition) is 4. The normalized spacial score (nSPS) is 17.2. The van der Waals surface area contributed by atoms with E-state index in [9.17, 15) is 4.79 Å². The van der Waals surface area contributed by atoms with Gasteiger partial charge >= 0.3 is 5.97 Å². The molecule has 1 saturated heterocycles. The van der Waals surface area contributed by atoms with E-state index in [4.69, 9.17) is 9.25 Å². The van der Waals surface area contributed by atoms with Crippen molar-refractivity contribution in [3.05, 3.63) is 35.6 Å². The molecule has 0 unspecified atom stereocenters. The third-order valence-corrected chi connectivity index (χ3v) is 4.15. The number of benzene rings is 1. The van der Waals surface area contributed by atoms with Crippen LogP contribution in [0.4, 0.5) is 0 Å². The standard InChI is InChI=1S/C17H21NO3/c1-12-4-3-5-17-16(12)11-15(20-17)10-14-6-8-18(9-7-14)21-13(2)19/h3-5,11,14H,6-10H2,1-2H3. The number of carbonyl (C=O) groups excluding carboxylic acids is 1. The highest BCUT2D eigenvalue weighted by Gasteiger charge is 2.22. The van der Waals surface area contributed by atoms with Crippen molar-refractivity contribution in [2.24, 2.45) is 5.92 Å². The maximum absolute atomic E-state index is 10.9. The van der Waals surface area contributed by atoms with Gasteiger partial charge in [-0.25, -0.2) is 0 Å². The molecule has 0 spiro atoms. The minimum atomic E-state index is -0.235. The Kier molecular flexibility index (Phi) is 3.97. The molecule has 0 radical (unpaired) electrons. The summed E-state index contributed by atoms with van der Waals surface area (Å²) in [6, 6.07) is 8.33. The average molecular weight is 287 g/mol. The van der Waals surface area contributed by atoms with Gasteiger partial charge in [-0.15, -0.1) is 5.06 Å². The maximum Gasteiger partial charge on any atom is 0.322 e. The molecule has 0 atom stereocenters. The Morgan fingerprint density at radius 3 is 2.81 bits per heavy atom. The predicted molar refractivity (Wildman–Crippen MR) is 80.7 cm³/mol. The van der Waals surface area contributed by atoms with Crippen molar-refractivity contribution in [2.45, 2.75) is 33.1 Å². The van der Waals surface area contributed by atoms with Crippen molar-refractivity contribution >= 4 is 16.9 Å². The molecule has 112 valence electrons. The molecule has 4 nitrogen and oxygen atoms in total. The molecule has 2 aromatic rings. The van der Waals surface area contributed by atoms with E-state index < -0.39 is 0 Å². The molecular formula is C17H21NO3. The Bertz CT molecular complexity index is 639. The number of nitrogens with zero attached hydrogens (tertiary/aromatic N) is 1. The lowest BCUT2D eigenvalue weighted by atomic mass is 9.93. The Hall–Kier alpha value is -1.81. The van der Waals surface area contributed by atoms with Crippen LogP contribution in [0.25, 0.3) is 11.0 Å². The Labute approximate surface area is 124 Å². The van der Waals surface area contributed by atoms with Crippen LogP contribution in [0.3, 0.4) is 0 Å². The number of furan rings is 1. The van der Waals surface area contributed by atoms with Crippen molar-refractivity contribution in [1.82, 2.24) is 5.06 Å².